The molecule has 2 aromatic heterocycles. The summed E-state index contributed by atoms with van der Waals surface area (Å²) in [6.07, 6.45) is 8.05. The first-order valence-electron chi connectivity index (χ1n) is 16.4. The largest absolute Gasteiger partial charge is 0.444 e. The monoisotopic (exact) mass is 637 g/mol. The molecule has 2 aromatic carbocycles. The maximum absolute atomic E-state index is 13.0. The lowest BCUT2D eigenvalue weighted by atomic mass is 10.0. The molecule has 6 rings (SSSR count). The molecule has 11 nitrogen and oxygen atoms in total. The Bertz CT molecular complexity index is 1750. The van der Waals surface area contributed by atoms with Gasteiger partial charge in [-0.1, -0.05) is 24.3 Å². The van der Waals surface area contributed by atoms with Crippen LogP contribution in [0.3, 0.4) is 0 Å². The second-order valence-corrected chi connectivity index (χ2v) is 13.2. The molecule has 0 bridgehead atoms. The Morgan fingerprint density at radius 3 is 2.49 bits per heavy atom. The zero-order valence-electron chi connectivity index (χ0n) is 27.6. The third-order valence-electron chi connectivity index (χ3n) is 8.40. The fourth-order valence-electron chi connectivity index (χ4n) is 6.09. The Balaban J connectivity index is 1.22. The Hall–Kier alpha value is -4.93. The SMILES string of the molecule is Cc1ccc2c(NC(=O)N3CCCCC3)cccc2c1Oc1ncccc1-c1ccnc(NC2CCCN(C(=O)OC(C)(C)C)C2)n1. The van der Waals surface area contributed by atoms with E-state index >= 15 is 0 Å². The Morgan fingerprint density at radius 1 is 0.872 bits per heavy atom. The number of aryl methyl sites for hydroxylation is 1. The van der Waals surface area contributed by atoms with Crippen molar-refractivity contribution in [2.75, 3.05) is 36.8 Å². The van der Waals surface area contributed by atoms with E-state index < -0.39 is 5.60 Å². The third kappa shape index (κ3) is 7.73. The molecule has 2 saturated heterocycles. The summed E-state index contributed by atoms with van der Waals surface area (Å²) in [6, 6.07) is 15.4. The quantitative estimate of drug-likeness (QED) is 0.221. The maximum atomic E-state index is 13.0. The van der Waals surface area contributed by atoms with Crippen LogP contribution in [0.5, 0.6) is 11.6 Å². The van der Waals surface area contributed by atoms with Crippen molar-refractivity contribution < 1.29 is 19.1 Å². The van der Waals surface area contributed by atoms with Gasteiger partial charge in [0.1, 0.15) is 11.4 Å². The summed E-state index contributed by atoms with van der Waals surface area (Å²) in [5, 5.41) is 8.30. The molecule has 4 heterocycles. The minimum Gasteiger partial charge on any atom is -0.444 e. The first-order chi connectivity index (χ1) is 22.6. The van der Waals surface area contributed by atoms with Gasteiger partial charge >= 0.3 is 12.1 Å². The van der Waals surface area contributed by atoms with Gasteiger partial charge in [-0.3, -0.25) is 0 Å². The van der Waals surface area contributed by atoms with Gasteiger partial charge in [-0.25, -0.2) is 24.5 Å². The number of piperidine rings is 2. The van der Waals surface area contributed by atoms with Gasteiger partial charge in [0.2, 0.25) is 11.8 Å². The topological polar surface area (TPSA) is 122 Å². The number of amides is 3. The van der Waals surface area contributed by atoms with Gasteiger partial charge in [0.05, 0.1) is 16.9 Å². The lowest BCUT2D eigenvalue weighted by molar-refractivity contribution is 0.0206. The number of ether oxygens (including phenoxy) is 2. The highest BCUT2D eigenvalue weighted by atomic mass is 16.6. The van der Waals surface area contributed by atoms with Crippen LogP contribution in [0.15, 0.2) is 60.9 Å². The van der Waals surface area contributed by atoms with Crippen LogP contribution in [0.4, 0.5) is 21.2 Å². The number of carbonyl (C=O) groups is 2. The van der Waals surface area contributed by atoms with Gasteiger partial charge in [0.15, 0.2) is 0 Å². The first-order valence-corrected chi connectivity index (χ1v) is 16.4. The van der Waals surface area contributed by atoms with E-state index in [1.165, 1.54) is 0 Å². The molecule has 2 fully saturated rings. The van der Waals surface area contributed by atoms with Crippen LogP contribution < -0.4 is 15.4 Å². The Labute approximate surface area is 275 Å². The number of urea groups is 1. The second kappa shape index (κ2) is 13.8. The highest BCUT2D eigenvalue weighted by molar-refractivity contribution is 6.04. The highest BCUT2D eigenvalue weighted by Crippen LogP contribution is 2.38. The van der Waals surface area contributed by atoms with Gasteiger partial charge in [0.25, 0.3) is 0 Å². The van der Waals surface area contributed by atoms with E-state index in [-0.39, 0.29) is 18.2 Å². The summed E-state index contributed by atoms with van der Waals surface area (Å²) < 4.78 is 12.2. The normalized spacial score (nSPS) is 16.9. The molecule has 4 aromatic rings. The minimum atomic E-state index is -0.548. The predicted octanol–water partition coefficient (Wildman–Crippen LogP) is 7.62. The number of hydrogen-bond acceptors (Lipinski definition) is 8. The van der Waals surface area contributed by atoms with Gasteiger partial charge in [-0.2, -0.15) is 0 Å². The number of anilines is 2. The molecular formula is C36H43N7O4. The van der Waals surface area contributed by atoms with Crippen LogP contribution in [-0.2, 0) is 4.74 Å². The number of rotatable bonds is 6. The van der Waals surface area contributed by atoms with Crippen LogP contribution >= 0.6 is 0 Å². The van der Waals surface area contributed by atoms with Crippen LogP contribution in [0, 0.1) is 6.92 Å². The number of benzene rings is 2. The van der Waals surface area contributed by atoms with E-state index in [4.69, 9.17) is 14.5 Å². The van der Waals surface area contributed by atoms with Crippen molar-refractivity contribution in [2.24, 2.45) is 0 Å². The van der Waals surface area contributed by atoms with E-state index in [9.17, 15) is 9.59 Å². The molecule has 1 unspecified atom stereocenters. The lowest BCUT2D eigenvalue weighted by Crippen LogP contribution is -2.47. The lowest BCUT2D eigenvalue weighted by Gasteiger charge is -2.34. The van der Waals surface area contributed by atoms with Crippen molar-refractivity contribution in [3.63, 3.8) is 0 Å². The van der Waals surface area contributed by atoms with Crippen molar-refractivity contribution in [3.05, 3.63) is 66.5 Å². The first kappa shape index (κ1) is 32.0. The molecular weight excluding hydrogens is 594 g/mol. The fourth-order valence-corrected chi connectivity index (χ4v) is 6.09. The molecule has 246 valence electrons. The summed E-state index contributed by atoms with van der Waals surface area (Å²) >= 11 is 0. The van der Waals surface area contributed by atoms with E-state index in [1.54, 1.807) is 17.3 Å². The van der Waals surface area contributed by atoms with E-state index in [0.717, 1.165) is 67.2 Å². The molecule has 3 amide bonds. The van der Waals surface area contributed by atoms with Crippen LogP contribution in [0.2, 0.25) is 0 Å². The molecule has 1 atom stereocenters. The number of nitrogens with zero attached hydrogens (tertiary/aromatic N) is 5. The minimum absolute atomic E-state index is 0.0147. The number of fused-ring (bicyclic) bond motifs is 1. The molecule has 0 saturated carbocycles. The number of likely N-dealkylation sites (tertiary alicyclic amines) is 2. The molecule has 0 radical (unpaired) electrons. The average molecular weight is 638 g/mol. The van der Waals surface area contributed by atoms with Gasteiger partial charge in [-0.15, -0.1) is 0 Å². The summed E-state index contributed by atoms with van der Waals surface area (Å²) in [5.41, 5.74) is 2.49. The maximum Gasteiger partial charge on any atom is 0.410 e. The molecule has 47 heavy (non-hydrogen) atoms. The van der Waals surface area contributed by atoms with Gasteiger partial charge in [0, 0.05) is 55.4 Å². The summed E-state index contributed by atoms with van der Waals surface area (Å²) in [5.74, 6) is 1.53. The van der Waals surface area contributed by atoms with Crippen molar-refractivity contribution in [1.29, 1.82) is 0 Å². The zero-order valence-corrected chi connectivity index (χ0v) is 27.6. The van der Waals surface area contributed by atoms with E-state index in [1.807, 2.05) is 81.1 Å². The molecule has 11 heteroatoms. The molecule has 0 aliphatic carbocycles. The van der Waals surface area contributed by atoms with Crippen molar-refractivity contribution in [2.45, 2.75) is 71.4 Å². The number of nitrogens with one attached hydrogen (secondary N) is 2. The number of aromatic nitrogens is 3. The van der Waals surface area contributed by atoms with Crippen LogP contribution in [-0.4, -0.2) is 74.7 Å². The van der Waals surface area contributed by atoms with E-state index in [2.05, 4.69) is 20.6 Å². The van der Waals surface area contributed by atoms with Gasteiger partial charge < -0.3 is 29.9 Å². The van der Waals surface area contributed by atoms with E-state index in [0.29, 0.717) is 41.9 Å². The molecule has 2 aliphatic heterocycles. The van der Waals surface area contributed by atoms with Crippen LogP contribution in [0.1, 0.15) is 58.4 Å². The summed E-state index contributed by atoms with van der Waals surface area (Å²) in [6.45, 7) is 10.3. The number of pyridine rings is 1. The third-order valence-corrected chi connectivity index (χ3v) is 8.40. The molecule has 0 spiro atoms. The van der Waals surface area contributed by atoms with Crippen molar-refractivity contribution >= 4 is 34.5 Å². The van der Waals surface area contributed by atoms with Gasteiger partial charge in [-0.05, 0) is 89.6 Å². The zero-order chi connectivity index (χ0) is 33.0. The molecule has 2 aliphatic rings. The Morgan fingerprint density at radius 2 is 1.68 bits per heavy atom. The molecule has 2 N–H and O–H groups in total. The van der Waals surface area contributed by atoms with Crippen molar-refractivity contribution in [3.8, 4) is 22.9 Å². The van der Waals surface area contributed by atoms with Crippen LogP contribution in [0.25, 0.3) is 22.0 Å². The fraction of sp³-hybridized carbons (Fsp3) is 0.417. The Kier molecular flexibility index (Phi) is 9.42. The standard InChI is InChI=1S/C36H43N7O4/c1-24-15-16-26-27(12-8-14-29(26)41-34(44)42-20-6-5-7-21-42)31(24)46-32-28(13-9-18-37-32)30-17-19-38-33(40-30)39-25-11-10-22-43(23-25)35(45)47-36(2,3)4/h8-9,12-19,25H,5-7,10-11,20-23H2,1-4H3,(H,41,44)(H,38,39,40). The predicted molar refractivity (Wildman–Crippen MR) is 183 cm³/mol. The van der Waals surface area contributed by atoms with Crippen molar-refractivity contribution in [1.82, 2.24) is 24.8 Å². The number of hydrogen-bond donors (Lipinski definition) is 2. The second-order valence-electron chi connectivity index (χ2n) is 13.2. The smallest absolute Gasteiger partial charge is 0.410 e. The summed E-state index contributed by atoms with van der Waals surface area (Å²) in [7, 11) is 0. The average Bonchev–Trinajstić information content (AvgIpc) is 3.06. The highest BCUT2D eigenvalue weighted by Gasteiger charge is 2.28. The number of carbonyl (C=O) groups excluding carboxylic acids is 2. The summed E-state index contributed by atoms with van der Waals surface area (Å²) in [4.78, 5) is 43.2.